The fraction of sp³-hybridized carbons (Fsp3) is 0.300. The van der Waals surface area contributed by atoms with E-state index in [1.807, 2.05) is 6.92 Å². The van der Waals surface area contributed by atoms with Crippen LogP contribution in [0.5, 0.6) is 5.75 Å². The fourth-order valence-electron chi connectivity index (χ4n) is 1.30. The van der Waals surface area contributed by atoms with Crippen molar-refractivity contribution in [2.45, 2.75) is 12.8 Å². The summed E-state index contributed by atoms with van der Waals surface area (Å²) in [5, 5.41) is 10.8. The van der Waals surface area contributed by atoms with Crippen LogP contribution in [0.25, 0.3) is 0 Å². The summed E-state index contributed by atoms with van der Waals surface area (Å²) >= 11 is 0. The summed E-state index contributed by atoms with van der Waals surface area (Å²) in [4.78, 5) is 10.4. The van der Waals surface area contributed by atoms with Gasteiger partial charge in [0.25, 0.3) is 0 Å². The molecule has 1 unspecified atom stereocenters. The Hall–Kier alpha value is -1.58. The molecule has 0 N–H and O–H groups in total. The van der Waals surface area contributed by atoms with Gasteiger partial charge in [0.1, 0.15) is 0 Å². The molecule has 0 aromatic heterocycles. The Morgan fingerprint density at radius 2 is 2.21 bits per heavy atom. The monoisotopic (exact) mass is 194 g/mol. The van der Waals surface area contributed by atoms with Gasteiger partial charge in [-0.25, -0.2) is 0 Å². The van der Waals surface area contributed by atoms with E-state index >= 15 is 0 Å². The molecule has 4 heteroatoms. The molecule has 0 saturated carbocycles. The van der Waals surface area contributed by atoms with Gasteiger partial charge in [0.05, 0.1) is 12.0 Å². The number of hydrogen-bond acceptors (Lipinski definition) is 3. The minimum atomic E-state index is -0.435. The van der Waals surface area contributed by atoms with E-state index < -0.39 is 4.92 Å². The van der Waals surface area contributed by atoms with E-state index in [0.29, 0.717) is 5.56 Å². The van der Waals surface area contributed by atoms with Crippen LogP contribution in [0.1, 0.15) is 18.4 Å². The molecule has 1 atom stereocenters. The first kappa shape index (κ1) is 10.5. The van der Waals surface area contributed by atoms with E-state index in [1.54, 1.807) is 18.2 Å². The average Bonchev–Trinajstić information content (AvgIpc) is 2.16. The summed E-state index contributed by atoms with van der Waals surface area (Å²) in [6, 6.07) is 4.99. The molecule has 0 aliphatic carbocycles. The highest BCUT2D eigenvalue weighted by molar-refractivity contribution is 5.54. The first-order valence-electron chi connectivity index (χ1n) is 4.22. The maximum absolute atomic E-state index is 10.8. The number of benzene rings is 1. The third-order valence-electron chi connectivity index (χ3n) is 1.96. The van der Waals surface area contributed by atoms with Gasteiger partial charge in [-0.15, -0.1) is 0 Å². The fourth-order valence-corrected chi connectivity index (χ4v) is 1.30. The van der Waals surface area contributed by atoms with Crippen molar-refractivity contribution >= 4 is 5.69 Å². The molecular formula is C10H12NO3. The molecule has 1 rings (SSSR count). The number of ether oxygens (including phenoxy) is 1. The molecule has 14 heavy (non-hydrogen) atoms. The molecule has 0 bridgehead atoms. The molecular weight excluding hydrogens is 182 g/mol. The zero-order valence-electron chi connectivity index (χ0n) is 8.19. The highest BCUT2D eigenvalue weighted by atomic mass is 16.6. The highest BCUT2D eigenvalue weighted by Gasteiger charge is 2.21. The predicted octanol–water partition coefficient (Wildman–Crippen LogP) is 2.54. The van der Waals surface area contributed by atoms with Crippen molar-refractivity contribution < 1.29 is 9.66 Å². The normalized spacial score (nSPS) is 10.3. The van der Waals surface area contributed by atoms with E-state index in [4.69, 9.17) is 4.74 Å². The molecule has 0 fully saturated rings. The molecule has 1 aromatic rings. The van der Waals surface area contributed by atoms with Gasteiger partial charge in [-0.1, -0.05) is 19.1 Å². The minimum Gasteiger partial charge on any atom is -0.490 e. The second-order valence-corrected chi connectivity index (χ2v) is 3.06. The second kappa shape index (κ2) is 4.09. The molecule has 75 valence electrons. The average molecular weight is 194 g/mol. The Kier molecular flexibility index (Phi) is 3.06. The summed E-state index contributed by atoms with van der Waals surface area (Å²) in [6.45, 7) is 5.57. The number of nitrogens with zero attached hydrogens (tertiary/aromatic N) is 1. The first-order valence-corrected chi connectivity index (χ1v) is 4.22. The molecule has 0 spiro atoms. The molecule has 0 amide bonds. The minimum absolute atomic E-state index is 0.0116. The van der Waals surface area contributed by atoms with Crippen molar-refractivity contribution in [2.24, 2.45) is 0 Å². The number of nitro benzene ring substituents is 1. The van der Waals surface area contributed by atoms with Crippen LogP contribution in [-0.4, -0.2) is 12.0 Å². The van der Waals surface area contributed by atoms with Crippen LogP contribution < -0.4 is 4.74 Å². The quantitative estimate of drug-likeness (QED) is 0.548. The van der Waals surface area contributed by atoms with Crippen molar-refractivity contribution in [1.82, 2.24) is 0 Å². The summed E-state index contributed by atoms with van der Waals surface area (Å²) in [5.74, 6) is 0.147. The van der Waals surface area contributed by atoms with Crippen molar-refractivity contribution in [3.8, 4) is 5.75 Å². The van der Waals surface area contributed by atoms with Crippen molar-refractivity contribution in [2.75, 3.05) is 7.11 Å². The lowest BCUT2D eigenvalue weighted by Crippen LogP contribution is -2.00. The first-order chi connectivity index (χ1) is 6.57. The number of hydrogen-bond donors (Lipinski definition) is 0. The van der Waals surface area contributed by atoms with Gasteiger partial charge < -0.3 is 4.74 Å². The molecule has 0 saturated heterocycles. The lowest BCUT2D eigenvalue weighted by atomic mass is 10.0. The van der Waals surface area contributed by atoms with E-state index in [1.165, 1.54) is 7.11 Å². The zero-order chi connectivity index (χ0) is 10.7. The van der Waals surface area contributed by atoms with Crippen LogP contribution in [-0.2, 0) is 0 Å². The number of methoxy groups -OCH3 is 1. The summed E-state index contributed by atoms with van der Waals surface area (Å²) in [5.41, 5.74) is 0.604. The Balaban J connectivity index is 3.35. The summed E-state index contributed by atoms with van der Waals surface area (Å²) in [6.07, 6.45) is 0. The van der Waals surface area contributed by atoms with Crippen molar-refractivity contribution in [1.29, 1.82) is 0 Å². The maximum Gasteiger partial charge on any atom is 0.314 e. The predicted molar refractivity (Wildman–Crippen MR) is 53.4 cm³/mol. The molecule has 1 radical (unpaired) electrons. The number of para-hydroxylation sites is 1. The van der Waals surface area contributed by atoms with Gasteiger partial charge >= 0.3 is 5.69 Å². The number of nitro groups is 1. The standard InChI is InChI=1S/C10H12NO3/c1-7(2)8-5-4-6-9(14-3)10(8)11(12)13/h4-7H,1H2,2-3H3. The maximum atomic E-state index is 10.8. The number of rotatable bonds is 3. The van der Waals surface area contributed by atoms with Gasteiger partial charge in [-0.3, -0.25) is 10.1 Å². The van der Waals surface area contributed by atoms with E-state index in [-0.39, 0.29) is 17.4 Å². The van der Waals surface area contributed by atoms with Crippen LogP contribution in [0.4, 0.5) is 5.69 Å². The van der Waals surface area contributed by atoms with Crippen LogP contribution in [0, 0.1) is 17.0 Å². The molecule has 1 aromatic carbocycles. The SMILES string of the molecule is [CH2]C(C)c1cccc(OC)c1[N+](=O)[O-]. The smallest absolute Gasteiger partial charge is 0.314 e. The molecule has 4 nitrogen and oxygen atoms in total. The molecule has 0 aliphatic heterocycles. The topological polar surface area (TPSA) is 52.4 Å². The highest BCUT2D eigenvalue weighted by Crippen LogP contribution is 2.34. The van der Waals surface area contributed by atoms with E-state index in [0.717, 1.165) is 0 Å². The second-order valence-electron chi connectivity index (χ2n) is 3.06. The van der Waals surface area contributed by atoms with Crippen LogP contribution in [0.3, 0.4) is 0 Å². The Morgan fingerprint density at radius 1 is 1.57 bits per heavy atom. The largest absolute Gasteiger partial charge is 0.490 e. The van der Waals surface area contributed by atoms with Gasteiger partial charge in [0.2, 0.25) is 0 Å². The zero-order valence-corrected chi connectivity index (χ0v) is 8.19. The van der Waals surface area contributed by atoms with Crippen LogP contribution >= 0.6 is 0 Å². The van der Waals surface area contributed by atoms with Crippen molar-refractivity contribution in [3.63, 3.8) is 0 Å². The molecule has 0 aliphatic rings. The Labute approximate surface area is 82.7 Å². The summed E-state index contributed by atoms with van der Waals surface area (Å²) < 4.78 is 4.93. The van der Waals surface area contributed by atoms with Crippen LogP contribution in [0.15, 0.2) is 18.2 Å². The lowest BCUT2D eigenvalue weighted by molar-refractivity contribution is -0.386. The molecule has 0 heterocycles. The summed E-state index contributed by atoms with van der Waals surface area (Å²) in [7, 11) is 1.42. The van der Waals surface area contributed by atoms with Crippen LogP contribution in [0.2, 0.25) is 0 Å². The van der Waals surface area contributed by atoms with Gasteiger partial charge in [0.15, 0.2) is 5.75 Å². The Morgan fingerprint density at radius 3 is 2.64 bits per heavy atom. The lowest BCUT2D eigenvalue weighted by Gasteiger charge is -2.08. The Bertz CT molecular complexity index is 347. The van der Waals surface area contributed by atoms with Gasteiger partial charge in [-0.05, 0) is 18.9 Å². The third kappa shape index (κ3) is 1.84. The van der Waals surface area contributed by atoms with Gasteiger partial charge in [0, 0.05) is 5.56 Å². The van der Waals surface area contributed by atoms with Gasteiger partial charge in [-0.2, -0.15) is 0 Å². The van der Waals surface area contributed by atoms with E-state index in [9.17, 15) is 10.1 Å². The van der Waals surface area contributed by atoms with Crippen molar-refractivity contribution in [3.05, 3.63) is 40.8 Å². The third-order valence-corrected chi connectivity index (χ3v) is 1.96. The van der Waals surface area contributed by atoms with E-state index in [2.05, 4.69) is 6.92 Å².